The van der Waals surface area contributed by atoms with Gasteiger partial charge in [0.1, 0.15) is 23.0 Å². The highest BCUT2D eigenvalue weighted by Crippen LogP contribution is 2.42. The van der Waals surface area contributed by atoms with Gasteiger partial charge in [-0.15, -0.1) is 0 Å². The summed E-state index contributed by atoms with van der Waals surface area (Å²) in [5.74, 6) is -0.0583. The minimum Gasteiger partial charge on any atom is -0.507 e. The number of aliphatic hydroxyl groups excluding tert-OH is 1. The van der Waals surface area contributed by atoms with E-state index in [-0.39, 0.29) is 17.2 Å². The Kier molecular flexibility index (Phi) is 6.17. The lowest BCUT2D eigenvalue weighted by atomic mass is 9.95. The second-order valence-corrected chi connectivity index (χ2v) is 7.61. The second-order valence-electron chi connectivity index (χ2n) is 7.61. The van der Waals surface area contributed by atoms with Gasteiger partial charge < -0.3 is 19.1 Å². The van der Waals surface area contributed by atoms with Crippen LogP contribution in [0, 0.1) is 6.92 Å². The topological polar surface area (TPSA) is 102 Å². The predicted octanol–water partition coefficient (Wildman–Crippen LogP) is 4.41. The maximum atomic E-state index is 13.1. The quantitative estimate of drug-likeness (QED) is 0.325. The standard InChI is InChI=1S/C25H24N2O6/c1-4-12-32-18-10-8-16(9-11-18)22-21(23(28)17-6-5-7-19(14-17)31-3)24(29)25(30)27(22)20-13-15(2)33-26-20/h5-11,13-14,22,28H,4,12H2,1-3H3/t22-/m1/s1. The number of aromatic nitrogens is 1. The van der Waals surface area contributed by atoms with Crippen LogP contribution in [0.2, 0.25) is 0 Å². The zero-order valence-electron chi connectivity index (χ0n) is 18.6. The van der Waals surface area contributed by atoms with Gasteiger partial charge >= 0.3 is 5.91 Å². The lowest BCUT2D eigenvalue weighted by molar-refractivity contribution is -0.132. The van der Waals surface area contributed by atoms with Crippen molar-refractivity contribution in [1.29, 1.82) is 0 Å². The average Bonchev–Trinajstić information content (AvgIpc) is 3.38. The van der Waals surface area contributed by atoms with E-state index in [9.17, 15) is 14.7 Å². The zero-order valence-corrected chi connectivity index (χ0v) is 18.6. The maximum absolute atomic E-state index is 13.1. The molecule has 1 aromatic heterocycles. The molecule has 8 heteroatoms. The van der Waals surface area contributed by atoms with Crippen LogP contribution in [0.25, 0.3) is 5.76 Å². The van der Waals surface area contributed by atoms with E-state index in [2.05, 4.69) is 5.16 Å². The molecule has 0 radical (unpaired) electrons. The molecular weight excluding hydrogens is 424 g/mol. The van der Waals surface area contributed by atoms with E-state index in [1.165, 1.54) is 12.0 Å². The molecule has 33 heavy (non-hydrogen) atoms. The summed E-state index contributed by atoms with van der Waals surface area (Å²) >= 11 is 0. The molecule has 4 rings (SSSR count). The van der Waals surface area contributed by atoms with Gasteiger partial charge in [0.2, 0.25) is 0 Å². The van der Waals surface area contributed by atoms with Crippen LogP contribution in [0.4, 0.5) is 5.82 Å². The Morgan fingerprint density at radius 3 is 2.52 bits per heavy atom. The van der Waals surface area contributed by atoms with Gasteiger partial charge in [0.15, 0.2) is 5.82 Å². The molecule has 1 atom stereocenters. The Balaban J connectivity index is 1.86. The molecule has 1 amide bonds. The van der Waals surface area contributed by atoms with Crippen molar-refractivity contribution in [2.24, 2.45) is 0 Å². The van der Waals surface area contributed by atoms with Gasteiger partial charge in [-0.3, -0.25) is 14.5 Å². The number of rotatable bonds is 7. The van der Waals surface area contributed by atoms with Crippen molar-refractivity contribution in [3.05, 3.63) is 77.1 Å². The number of ketones is 1. The van der Waals surface area contributed by atoms with Crippen molar-refractivity contribution in [3.63, 3.8) is 0 Å². The van der Waals surface area contributed by atoms with Crippen molar-refractivity contribution >= 4 is 23.3 Å². The molecule has 0 unspecified atom stereocenters. The lowest BCUT2D eigenvalue weighted by Gasteiger charge is -2.23. The van der Waals surface area contributed by atoms with E-state index < -0.39 is 17.7 Å². The van der Waals surface area contributed by atoms with Crippen LogP contribution in [0.15, 0.2) is 64.7 Å². The average molecular weight is 448 g/mol. The first-order valence-electron chi connectivity index (χ1n) is 10.6. The number of ether oxygens (including phenoxy) is 2. The smallest absolute Gasteiger partial charge is 0.301 e. The van der Waals surface area contributed by atoms with E-state index in [1.807, 2.05) is 6.92 Å². The first-order valence-corrected chi connectivity index (χ1v) is 10.6. The summed E-state index contributed by atoms with van der Waals surface area (Å²) in [5, 5.41) is 15.1. The molecule has 170 valence electrons. The number of hydrogen-bond donors (Lipinski definition) is 1. The molecule has 2 heterocycles. The minimum absolute atomic E-state index is 0.0452. The number of anilines is 1. The summed E-state index contributed by atoms with van der Waals surface area (Å²) in [5.41, 5.74) is 0.927. The number of methoxy groups -OCH3 is 1. The molecule has 1 fully saturated rings. The SMILES string of the molecule is CCCOc1ccc([C@@H]2C(=C(O)c3cccc(OC)c3)C(=O)C(=O)N2c2cc(C)on2)cc1. The fourth-order valence-corrected chi connectivity index (χ4v) is 3.74. The first kappa shape index (κ1) is 22.1. The van der Waals surface area contributed by atoms with Crippen LogP contribution in [-0.2, 0) is 9.59 Å². The number of nitrogens with zero attached hydrogens (tertiary/aromatic N) is 2. The first-order chi connectivity index (χ1) is 15.9. The molecule has 0 saturated carbocycles. The minimum atomic E-state index is -0.902. The number of hydrogen-bond acceptors (Lipinski definition) is 7. The fourth-order valence-electron chi connectivity index (χ4n) is 3.74. The number of carbonyl (C=O) groups is 2. The van der Waals surface area contributed by atoms with E-state index in [0.29, 0.717) is 35.0 Å². The second kappa shape index (κ2) is 9.20. The third-order valence-corrected chi connectivity index (χ3v) is 5.32. The highest BCUT2D eigenvalue weighted by atomic mass is 16.5. The van der Waals surface area contributed by atoms with E-state index in [1.54, 1.807) is 61.5 Å². The molecule has 3 aromatic rings. The number of aliphatic hydroxyl groups is 1. The highest BCUT2D eigenvalue weighted by Gasteiger charge is 2.48. The highest BCUT2D eigenvalue weighted by molar-refractivity contribution is 6.51. The van der Waals surface area contributed by atoms with Gasteiger partial charge in [0, 0.05) is 11.6 Å². The molecule has 0 spiro atoms. The molecule has 2 aromatic carbocycles. The van der Waals surface area contributed by atoms with Crippen LogP contribution in [0.3, 0.4) is 0 Å². The van der Waals surface area contributed by atoms with Gasteiger partial charge in [-0.05, 0) is 43.2 Å². The van der Waals surface area contributed by atoms with E-state index in [0.717, 1.165) is 6.42 Å². The van der Waals surface area contributed by atoms with Crippen molar-refractivity contribution < 1.29 is 28.7 Å². The van der Waals surface area contributed by atoms with Gasteiger partial charge in [-0.2, -0.15) is 0 Å². The van der Waals surface area contributed by atoms with Crippen LogP contribution >= 0.6 is 0 Å². The molecule has 1 aliphatic rings. The molecule has 0 aliphatic carbocycles. The molecular formula is C25H24N2O6. The lowest BCUT2D eigenvalue weighted by Crippen LogP contribution is -2.29. The molecule has 0 bridgehead atoms. The third-order valence-electron chi connectivity index (χ3n) is 5.32. The number of amides is 1. The predicted molar refractivity (Wildman–Crippen MR) is 121 cm³/mol. The van der Waals surface area contributed by atoms with Crippen LogP contribution in [0.1, 0.15) is 36.3 Å². The summed E-state index contributed by atoms with van der Waals surface area (Å²) in [6.45, 7) is 4.28. The normalized spacial score (nSPS) is 17.4. The Morgan fingerprint density at radius 1 is 1.12 bits per heavy atom. The van der Waals surface area contributed by atoms with Crippen molar-refractivity contribution in [1.82, 2.24) is 5.16 Å². The van der Waals surface area contributed by atoms with Gasteiger partial charge in [-0.1, -0.05) is 36.3 Å². The summed E-state index contributed by atoms with van der Waals surface area (Å²) in [4.78, 5) is 27.5. The monoisotopic (exact) mass is 448 g/mol. The largest absolute Gasteiger partial charge is 0.507 e. The Labute approximate surface area is 191 Å². The molecule has 1 aliphatic heterocycles. The Bertz CT molecular complexity index is 1210. The summed E-state index contributed by atoms with van der Waals surface area (Å²) in [6, 6.07) is 14.4. The molecule has 8 nitrogen and oxygen atoms in total. The number of benzene rings is 2. The summed E-state index contributed by atoms with van der Waals surface area (Å²) in [7, 11) is 1.51. The van der Waals surface area contributed by atoms with E-state index >= 15 is 0 Å². The Hall–Kier alpha value is -4.07. The van der Waals surface area contributed by atoms with Crippen molar-refractivity contribution in [3.8, 4) is 11.5 Å². The molecule has 1 N–H and O–H groups in total. The Morgan fingerprint density at radius 2 is 1.88 bits per heavy atom. The van der Waals surface area contributed by atoms with Crippen LogP contribution < -0.4 is 14.4 Å². The number of aryl methyl sites for hydroxylation is 1. The van der Waals surface area contributed by atoms with E-state index in [4.69, 9.17) is 14.0 Å². The summed E-state index contributed by atoms with van der Waals surface area (Å²) in [6.07, 6.45) is 0.869. The number of carbonyl (C=O) groups excluding carboxylic acids is 2. The van der Waals surface area contributed by atoms with Gasteiger partial charge in [0.05, 0.1) is 25.3 Å². The van der Waals surface area contributed by atoms with Crippen molar-refractivity contribution in [2.75, 3.05) is 18.6 Å². The van der Waals surface area contributed by atoms with Crippen LogP contribution in [-0.4, -0.2) is 35.7 Å². The van der Waals surface area contributed by atoms with Crippen molar-refractivity contribution in [2.45, 2.75) is 26.3 Å². The molecule has 1 saturated heterocycles. The summed E-state index contributed by atoms with van der Waals surface area (Å²) < 4.78 is 16.0. The zero-order chi connectivity index (χ0) is 23.5. The maximum Gasteiger partial charge on any atom is 0.301 e. The van der Waals surface area contributed by atoms with Gasteiger partial charge in [-0.25, -0.2) is 0 Å². The van der Waals surface area contributed by atoms with Gasteiger partial charge in [0.25, 0.3) is 5.78 Å². The number of Topliss-reactive ketones (excluding diaryl/α,β-unsaturated/α-hetero) is 1. The fraction of sp³-hybridized carbons (Fsp3) is 0.240. The third kappa shape index (κ3) is 4.19. The van der Waals surface area contributed by atoms with Crippen LogP contribution in [0.5, 0.6) is 11.5 Å².